The van der Waals surface area contributed by atoms with Gasteiger partial charge in [0.05, 0.1) is 57.6 Å². The van der Waals surface area contributed by atoms with E-state index >= 15 is 0 Å². The second-order valence-corrected chi connectivity index (χ2v) is 15.0. The average Bonchev–Trinajstić information content (AvgIpc) is 3.72. The Morgan fingerprint density at radius 3 is 2.62 bits per heavy atom. The first-order valence-corrected chi connectivity index (χ1v) is 19.6. The Bertz CT molecular complexity index is 1630. The first-order valence-electron chi connectivity index (χ1n) is 18.1. The molecular weight excluding hydrogens is 753 g/mol. The van der Waals surface area contributed by atoms with Crippen molar-refractivity contribution < 1.29 is 67.1 Å². The summed E-state index contributed by atoms with van der Waals surface area (Å²) in [6.45, 7) is 4.88. The van der Waals surface area contributed by atoms with Crippen LogP contribution in [0.5, 0.6) is 0 Å². The van der Waals surface area contributed by atoms with E-state index in [0.717, 1.165) is 0 Å². The number of anilines is 1. The lowest BCUT2D eigenvalue weighted by molar-refractivity contribution is -0.270. The summed E-state index contributed by atoms with van der Waals surface area (Å²) in [6, 6.07) is -1.40. The fraction of sp³-hybridized carbons (Fsp3) is 0.781. The number of unbranched alkanes of at least 4 members (excludes halogenated alkanes) is 1. The first kappa shape index (κ1) is 44.6. The van der Waals surface area contributed by atoms with Crippen molar-refractivity contribution in [1.82, 2.24) is 30.2 Å². The molecule has 1 aliphatic heterocycles. The molecule has 2 aromatic heterocycles. The van der Waals surface area contributed by atoms with E-state index in [0.29, 0.717) is 25.7 Å². The topological polar surface area (TPSA) is 310 Å². The quantitative estimate of drug-likeness (QED) is 0.0372. The minimum Gasteiger partial charge on any atom is -0.394 e. The van der Waals surface area contributed by atoms with Crippen molar-refractivity contribution in [2.24, 2.45) is 5.92 Å². The predicted molar refractivity (Wildman–Crippen MR) is 191 cm³/mol. The SMILES string of the molecule is CC(=O)N[C@H]1[C@H](OCCCCC(=O)NCCOCCOCO[C@@H]2C[C@@H](COP(=O)(O)OC(C)C)C[C@H]2n2cnc3c(=O)[nH]c(N)nc32)O[C@H](CO)[C@H](O)[C@@H]1O. The Morgan fingerprint density at radius 1 is 1.13 bits per heavy atom. The van der Waals surface area contributed by atoms with Crippen molar-refractivity contribution in [2.75, 3.05) is 58.7 Å². The zero-order valence-corrected chi connectivity index (χ0v) is 32.0. The molecule has 4 rings (SSSR count). The minimum absolute atomic E-state index is 0.0681. The van der Waals surface area contributed by atoms with Crippen LogP contribution in [-0.4, -0.2) is 147 Å². The van der Waals surface area contributed by atoms with Gasteiger partial charge in [0.1, 0.15) is 31.1 Å². The number of aromatic amines is 1. The lowest BCUT2D eigenvalue weighted by Gasteiger charge is -2.42. The zero-order chi connectivity index (χ0) is 40.1. The highest BCUT2D eigenvalue weighted by Crippen LogP contribution is 2.47. The number of aromatic nitrogens is 4. The summed E-state index contributed by atoms with van der Waals surface area (Å²) < 4.78 is 52.6. The van der Waals surface area contributed by atoms with E-state index in [1.54, 1.807) is 18.4 Å². The summed E-state index contributed by atoms with van der Waals surface area (Å²) in [5.74, 6) is -0.913. The van der Waals surface area contributed by atoms with E-state index in [1.807, 2.05) is 0 Å². The molecule has 0 spiro atoms. The molecule has 2 amide bonds. The molecule has 23 heteroatoms. The van der Waals surface area contributed by atoms with Gasteiger partial charge in [0.25, 0.3) is 5.56 Å². The van der Waals surface area contributed by atoms with E-state index in [1.165, 1.54) is 13.3 Å². The number of H-pyrrole nitrogens is 1. The number of fused-ring (bicyclic) bond motifs is 1. The monoisotopic (exact) mass is 807 g/mol. The van der Waals surface area contributed by atoms with Crippen molar-refractivity contribution in [2.45, 2.75) is 102 Å². The number of rotatable bonds is 23. The third-order valence-corrected chi connectivity index (χ3v) is 10.00. The number of hydrogen-bond acceptors (Lipinski definition) is 17. The van der Waals surface area contributed by atoms with Crippen LogP contribution in [0.15, 0.2) is 11.1 Å². The van der Waals surface area contributed by atoms with Gasteiger partial charge in [0.15, 0.2) is 17.5 Å². The van der Waals surface area contributed by atoms with Crippen molar-refractivity contribution in [3.8, 4) is 0 Å². The molecule has 9 N–H and O–H groups in total. The molecule has 1 aliphatic carbocycles. The molecule has 312 valence electrons. The Balaban J connectivity index is 1.11. The van der Waals surface area contributed by atoms with Gasteiger partial charge < -0.3 is 64.8 Å². The number of amides is 2. The number of phosphoric acid groups is 1. The maximum absolute atomic E-state index is 12.4. The van der Waals surface area contributed by atoms with E-state index in [4.69, 9.17) is 38.5 Å². The lowest BCUT2D eigenvalue weighted by Crippen LogP contribution is -2.64. The highest BCUT2D eigenvalue weighted by atomic mass is 31.2. The van der Waals surface area contributed by atoms with Gasteiger partial charge in [-0.2, -0.15) is 4.98 Å². The van der Waals surface area contributed by atoms with Crippen molar-refractivity contribution >= 4 is 36.7 Å². The number of nitrogens with one attached hydrogen (secondary N) is 3. The molecule has 0 radical (unpaired) electrons. The maximum atomic E-state index is 12.4. The Labute approximate surface area is 316 Å². The average molecular weight is 808 g/mol. The summed E-state index contributed by atoms with van der Waals surface area (Å²) in [7, 11) is -4.26. The molecule has 55 heavy (non-hydrogen) atoms. The standard InChI is InChI=1S/C32H54N7O15P/c1-18(2)54-55(46,47)52-15-20-12-21(39-16-35-26-29(39)37-32(33)38-30(26)45)22(13-20)51-17-49-11-10-48-9-7-34-24(42)6-4-5-8-50-31-25(36-19(3)41)28(44)27(43)23(14-40)53-31/h16,18,20-23,25,27-28,31,40,43-44H,4-15,17H2,1-3H3,(H,34,42)(H,36,41)(H,46,47)(H3,33,37,38,45)/t20-,21+,22+,23+,25+,27-,28+,31+/m0/s1. The lowest BCUT2D eigenvalue weighted by atomic mass is 9.97. The molecule has 2 aromatic rings. The smallest absolute Gasteiger partial charge is 0.394 e. The number of nitrogens with two attached hydrogens (primary N) is 1. The number of carbonyl (C=O) groups is 2. The number of ether oxygens (including phenoxy) is 5. The second-order valence-electron chi connectivity index (χ2n) is 13.6. The number of aliphatic hydroxyl groups excluding tert-OH is 3. The van der Waals surface area contributed by atoms with E-state index in [-0.39, 0.29) is 87.8 Å². The van der Waals surface area contributed by atoms with Crippen LogP contribution in [0.4, 0.5) is 5.95 Å². The maximum Gasteiger partial charge on any atom is 0.472 e. The van der Waals surface area contributed by atoms with Crippen LogP contribution in [0.2, 0.25) is 0 Å². The minimum atomic E-state index is -4.26. The van der Waals surface area contributed by atoms with Crippen LogP contribution < -0.4 is 21.9 Å². The summed E-state index contributed by atoms with van der Waals surface area (Å²) in [4.78, 5) is 57.0. The highest BCUT2D eigenvalue weighted by Gasteiger charge is 2.45. The molecule has 2 fully saturated rings. The zero-order valence-electron chi connectivity index (χ0n) is 31.1. The van der Waals surface area contributed by atoms with Crippen LogP contribution in [-0.2, 0) is 46.9 Å². The molecule has 0 aromatic carbocycles. The van der Waals surface area contributed by atoms with Crippen LogP contribution in [0.3, 0.4) is 0 Å². The van der Waals surface area contributed by atoms with Crippen LogP contribution in [0.25, 0.3) is 11.2 Å². The number of nitrogen functional groups attached to an aromatic ring is 1. The summed E-state index contributed by atoms with van der Waals surface area (Å²) in [5, 5.41) is 35.1. The Kier molecular flexibility index (Phi) is 17.4. The van der Waals surface area contributed by atoms with Crippen LogP contribution in [0, 0.1) is 5.92 Å². The van der Waals surface area contributed by atoms with Crippen LogP contribution in [0.1, 0.15) is 58.9 Å². The molecule has 0 bridgehead atoms. The number of nitrogens with zero attached hydrogens (tertiary/aromatic N) is 3. The fourth-order valence-electron chi connectivity index (χ4n) is 6.33. The number of hydrogen-bond donors (Lipinski definition) is 8. The molecule has 2 aliphatic rings. The molecule has 1 saturated carbocycles. The molecular formula is C32H54N7O15P. The Hall–Kier alpha value is -3.12. The van der Waals surface area contributed by atoms with E-state index in [2.05, 4.69) is 25.6 Å². The molecule has 9 atom stereocenters. The largest absolute Gasteiger partial charge is 0.472 e. The van der Waals surface area contributed by atoms with E-state index in [9.17, 15) is 39.2 Å². The molecule has 1 unspecified atom stereocenters. The molecule has 22 nitrogen and oxygen atoms in total. The number of aliphatic hydroxyl groups is 3. The number of phosphoric ester groups is 1. The second kappa shape index (κ2) is 21.4. The molecule has 1 saturated heterocycles. The first-order chi connectivity index (χ1) is 26.2. The van der Waals surface area contributed by atoms with Crippen molar-refractivity contribution in [3.05, 3.63) is 16.7 Å². The van der Waals surface area contributed by atoms with Gasteiger partial charge in [0.2, 0.25) is 17.8 Å². The fourth-order valence-corrected chi connectivity index (χ4v) is 7.32. The normalized spacial score (nSPS) is 26.7. The van der Waals surface area contributed by atoms with Gasteiger partial charge >= 0.3 is 7.82 Å². The van der Waals surface area contributed by atoms with Crippen molar-refractivity contribution in [1.29, 1.82) is 0 Å². The van der Waals surface area contributed by atoms with Gasteiger partial charge in [-0.25, -0.2) is 9.55 Å². The highest BCUT2D eigenvalue weighted by molar-refractivity contribution is 7.47. The Morgan fingerprint density at radius 2 is 1.89 bits per heavy atom. The van der Waals surface area contributed by atoms with E-state index < -0.39 is 68.7 Å². The summed E-state index contributed by atoms with van der Waals surface area (Å²) in [5.41, 5.74) is 5.68. The van der Waals surface area contributed by atoms with Gasteiger partial charge in [0, 0.05) is 26.5 Å². The number of imidazole rings is 1. The third-order valence-electron chi connectivity index (χ3n) is 8.83. The number of carbonyl (C=O) groups excluding carboxylic acids is 2. The van der Waals surface area contributed by atoms with Crippen molar-refractivity contribution in [3.63, 3.8) is 0 Å². The molecule has 3 heterocycles. The van der Waals surface area contributed by atoms with Crippen LogP contribution >= 0.6 is 7.82 Å². The summed E-state index contributed by atoms with van der Waals surface area (Å²) >= 11 is 0. The van der Waals surface area contributed by atoms with Gasteiger partial charge in [-0.3, -0.25) is 28.4 Å². The van der Waals surface area contributed by atoms with Gasteiger partial charge in [-0.1, -0.05) is 0 Å². The summed E-state index contributed by atoms with van der Waals surface area (Å²) in [6.07, 6.45) is -2.39. The van der Waals surface area contributed by atoms with Gasteiger partial charge in [-0.05, 0) is 45.4 Å². The van der Waals surface area contributed by atoms with Gasteiger partial charge in [-0.15, -0.1) is 0 Å². The third kappa shape index (κ3) is 13.5. The predicted octanol–water partition coefficient (Wildman–Crippen LogP) is -1.18.